The van der Waals surface area contributed by atoms with Gasteiger partial charge in [-0.05, 0) is 39.0 Å². The Labute approximate surface area is 131 Å². The van der Waals surface area contributed by atoms with Crippen LogP contribution in [0.2, 0.25) is 0 Å². The van der Waals surface area contributed by atoms with Crippen LogP contribution in [0.15, 0.2) is 0 Å². The van der Waals surface area contributed by atoms with Gasteiger partial charge < -0.3 is 30.6 Å². The third-order valence-electron chi connectivity index (χ3n) is 2.14. The Kier molecular flexibility index (Phi) is 25.8. The highest BCUT2D eigenvalue weighted by molar-refractivity contribution is 5.67. The molecule has 0 aliphatic carbocycles. The van der Waals surface area contributed by atoms with Crippen molar-refractivity contribution in [2.45, 2.75) is 58.0 Å². The van der Waals surface area contributed by atoms with E-state index in [4.69, 9.17) is 30.6 Å². The smallest absolute Gasteiger partial charge is 0.303 e. The van der Waals surface area contributed by atoms with Gasteiger partial charge in [0.25, 0.3) is 0 Å². The van der Waals surface area contributed by atoms with Crippen LogP contribution in [0.3, 0.4) is 0 Å². The third kappa shape index (κ3) is 42.8. The molecular weight excluding hydrogens is 296 g/mol. The zero-order chi connectivity index (χ0) is 17.8. The molecule has 0 aliphatic rings. The second-order valence-corrected chi connectivity index (χ2v) is 4.51. The van der Waals surface area contributed by atoms with Gasteiger partial charge in [0.1, 0.15) is 0 Å². The first-order valence-electron chi connectivity index (χ1n) is 7.26. The second kappa shape index (κ2) is 22.1. The maximum atomic E-state index is 9.90. The summed E-state index contributed by atoms with van der Waals surface area (Å²) in [5.41, 5.74) is 0. The molecule has 0 spiro atoms. The highest BCUT2D eigenvalue weighted by Gasteiger charge is 1.99. The maximum absolute atomic E-state index is 9.90. The first kappa shape index (κ1) is 25.7. The van der Waals surface area contributed by atoms with Gasteiger partial charge in [0.05, 0.1) is 6.10 Å². The van der Waals surface area contributed by atoms with Crippen LogP contribution >= 0.6 is 0 Å². The van der Waals surface area contributed by atoms with Gasteiger partial charge in [-0.15, -0.1) is 0 Å². The number of rotatable bonds is 10. The van der Waals surface area contributed by atoms with E-state index in [0.717, 1.165) is 12.8 Å². The zero-order valence-corrected chi connectivity index (χ0v) is 13.1. The second-order valence-electron chi connectivity index (χ2n) is 4.51. The topological polar surface area (TPSA) is 156 Å². The summed E-state index contributed by atoms with van der Waals surface area (Å²) in [6, 6.07) is 0. The standard InChI is InChI=1S/C6H10O4.2C4H10O2/c7-5(8)3-1-2-4-6(9)10;1-4(6)2-3-5;5-3-1-2-4-6/h1-4H2,(H,7,8)(H,9,10);4-6H,2-3H2,1H3;5-6H,1-4H2. The number of aliphatic hydroxyl groups is 4. The molecule has 6 N–H and O–H groups in total. The molecule has 0 aromatic carbocycles. The number of hydrogen-bond acceptors (Lipinski definition) is 6. The Morgan fingerprint density at radius 2 is 1.14 bits per heavy atom. The van der Waals surface area contributed by atoms with Crippen molar-refractivity contribution in [3.8, 4) is 0 Å². The van der Waals surface area contributed by atoms with Gasteiger partial charge in [0.2, 0.25) is 0 Å². The van der Waals surface area contributed by atoms with Gasteiger partial charge >= 0.3 is 11.9 Å². The van der Waals surface area contributed by atoms with E-state index in [0.29, 0.717) is 19.3 Å². The molecule has 1 atom stereocenters. The summed E-state index contributed by atoms with van der Waals surface area (Å²) in [7, 11) is 0. The molecule has 0 aromatic heterocycles. The lowest BCUT2D eigenvalue weighted by Gasteiger charge is -1.95. The van der Waals surface area contributed by atoms with Crippen molar-refractivity contribution in [2.24, 2.45) is 0 Å². The summed E-state index contributed by atoms with van der Waals surface area (Å²) in [6.45, 7) is 2.12. The molecule has 134 valence electrons. The molecule has 8 heteroatoms. The van der Waals surface area contributed by atoms with Crippen molar-refractivity contribution in [1.82, 2.24) is 0 Å². The summed E-state index contributed by atoms with van der Waals surface area (Å²) < 4.78 is 0. The van der Waals surface area contributed by atoms with Crippen LogP contribution in [-0.2, 0) is 9.59 Å². The molecule has 0 radical (unpaired) electrons. The van der Waals surface area contributed by atoms with Gasteiger partial charge in [0.15, 0.2) is 0 Å². The largest absolute Gasteiger partial charge is 0.481 e. The predicted octanol–water partition coefficient (Wildman–Crippen LogP) is 0.217. The molecule has 8 nitrogen and oxygen atoms in total. The minimum Gasteiger partial charge on any atom is -0.481 e. The van der Waals surface area contributed by atoms with E-state index in [1.165, 1.54) is 0 Å². The molecular formula is C14H30O8. The fourth-order valence-corrected chi connectivity index (χ4v) is 0.963. The maximum Gasteiger partial charge on any atom is 0.303 e. The molecule has 1 unspecified atom stereocenters. The minimum absolute atomic E-state index is 0.0628. The number of carbonyl (C=O) groups is 2. The number of aliphatic hydroxyl groups excluding tert-OH is 4. The first-order chi connectivity index (χ1) is 10.3. The van der Waals surface area contributed by atoms with Gasteiger partial charge in [-0.25, -0.2) is 0 Å². The molecule has 0 aliphatic heterocycles. The molecule has 0 rings (SSSR count). The number of aliphatic carboxylic acids is 2. The summed E-state index contributed by atoms with van der Waals surface area (Å²) >= 11 is 0. The van der Waals surface area contributed by atoms with Crippen molar-refractivity contribution < 1.29 is 40.2 Å². The summed E-state index contributed by atoms with van der Waals surface area (Å²) in [5.74, 6) is -1.74. The van der Waals surface area contributed by atoms with Crippen LogP contribution in [0.1, 0.15) is 51.9 Å². The Morgan fingerprint density at radius 1 is 0.773 bits per heavy atom. The van der Waals surface area contributed by atoms with E-state index in [1.54, 1.807) is 6.92 Å². The van der Waals surface area contributed by atoms with Crippen LogP contribution < -0.4 is 0 Å². The van der Waals surface area contributed by atoms with Crippen molar-refractivity contribution in [1.29, 1.82) is 0 Å². The van der Waals surface area contributed by atoms with E-state index < -0.39 is 11.9 Å². The summed E-state index contributed by atoms with van der Waals surface area (Å²) in [4.78, 5) is 19.8. The van der Waals surface area contributed by atoms with E-state index in [1.807, 2.05) is 0 Å². The van der Waals surface area contributed by atoms with Crippen molar-refractivity contribution in [3.63, 3.8) is 0 Å². The average molecular weight is 326 g/mol. The minimum atomic E-state index is -0.870. The molecule has 0 heterocycles. The van der Waals surface area contributed by atoms with Crippen LogP contribution in [0.25, 0.3) is 0 Å². The number of hydrogen-bond donors (Lipinski definition) is 6. The van der Waals surface area contributed by atoms with Crippen molar-refractivity contribution in [2.75, 3.05) is 19.8 Å². The average Bonchev–Trinajstić information content (AvgIpc) is 2.42. The number of carboxylic acid groups (broad SMARTS) is 2. The molecule has 0 amide bonds. The lowest BCUT2D eigenvalue weighted by Crippen LogP contribution is -2.00. The highest BCUT2D eigenvalue weighted by Crippen LogP contribution is 1.98. The van der Waals surface area contributed by atoms with Crippen LogP contribution in [0, 0.1) is 0 Å². The number of unbranched alkanes of at least 4 members (excludes halogenated alkanes) is 2. The van der Waals surface area contributed by atoms with E-state index >= 15 is 0 Å². The molecule has 0 bridgehead atoms. The Morgan fingerprint density at radius 3 is 1.27 bits per heavy atom. The SMILES string of the molecule is CC(O)CCO.O=C(O)CCCCC(=O)O.OCCCCO. The lowest BCUT2D eigenvalue weighted by atomic mass is 10.2. The van der Waals surface area contributed by atoms with E-state index in [2.05, 4.69) is 0 Å². The first-order valence-corrected chi connectivity index (χ1v) is 7.26. The third-order valence-corrected chi connectivity index (χ3v) is 2.14. The monoisotopic (exact) mass is 326 g/mol. The van der Waals surface area contributed by atoms with Gasteiger partial charge in [-0.1, -0.05) is 0 Å². The van der Waals surface area contributed by atoms with Crippen molar-refractivity contribution >= 4 is 11.9 Å². The van der Waals surface area contributed by atoms with Crippen LogP contribution in [0.4, 0.5) is 0 Å². The Hall–Kier alpha value is -1.22. The fourth-order valence-electron chi connectivity index (χ4n) is 0.963. The van der Waals surface area contributed by atoms with Gasteiger partial charge in [-0.2, -0.15) is 0 Å². The van der Waals surface area contributed by atoms with E-state index in [-0.39, 0.29) is 38.8 Å². The number of carboxylic acids is 2. The van der Waals surface area contributed by atoms with Gasteiger partial charge in [-0.3, -0.25) is 9.59 Å². The van der Waals surface area contributed by atoms with Crippen LogP contribution in [0.5, 0.6) is 0 Å². The highest BCUT2D eigenvalue weighted by atomic mass is 16.4. The quantitative estimate of drug-likeness (QED) is 0.311. The molecule has 0 saturated carbocycles. The van der Waals surface area contributed by atoms with Crippen molar-refractivity contribution in [3.05, 3.63) is 0 Å². The molecule has 0 saturated heterocycles. The molecule has 22 heavy (non-hydrogen) atoms. The molecule has 0 aromatic rings. The summed E-state index contributed by atoms with van der Waals surface area (Å²) in [5, 5.41) is 48.9. The van der Waals surface area contributed by atoms with Gasteiger partial charge in [0, 0.05) is 32.7 Å². The molecule has 0 fully saturated rings. The fraction of sp³-hybridized carbons (Fsp3) is 0.857. The zero-order valence-electron chi connectivity index (χ0n) is 13.1. The Balaban J connectivity index is -0.000000261. The predicted molar refractivity (Wildman–Crippen MR) is 80.5 cm³/mol. The normalized spacial score (nSPS) is 10.6. The Bertz CT molecular complexity index is 223. The summed E-state index contributed by atoms with van der Waals surface area (Å²) in [6.07, 6.45) is 2.59. The lowest BCUT2D eigenvalue weighted by molar-refractivity contribution is -0.139. The van der Waals surface area contributed by atoms with Crippen LogP contribution in [-0.4, -0.2) is 68.5 Å². The van der Waals surface area contributed by atoms with E-state index in [9.17, 15) is 9.59 Å².